The maximum Gasteiger partial charge on any atom is 0.244 e. The van der Waals surface area contributed by atoms with Crippen molar-refractivity contribution >= 4 is 21.6 Å². The summed E-state index contributed by atoms with van der Waals surface area (Å²) in [5, 5.41) is 0.278. The van der Waals surface area contributed by atoms with Gasteiger partial charge in [0.2, 0.25) is 10.0 Å². The van der Waals surface area contributed by atoms with Crippen LogP contribution in [0, 0.1) is 0 Å². The molecule has 112 valence electrons. The normalized spacial score (nSPS) is 11.8. The molecule has 0 fully saturated rings. The van der Waals surface area contributed by atoms with Gasteiger partial charge >= 0.3 is 0 Å². The third-order valence-corrected chi connectivity index (χ3v) is 5.25. The van der Waals surface area contributed by atoms with Gasteiger partial charge in [0.05, 0.1) is 0 Å². The third-order valence-electron chi connectivity index (χ3n) is 3.19. The molecule has 0 radical (unpaired) electrons. The van der Waals surface area contributed by atoms with Crippen LogP contribution in [0.5, 0.6) is 0 Å². The lowest BCUT2D eigenvalue weighted by atomic mass is 10.1. The number of benzene rings is 1. The molecule has 0 aliphatic rings. The molecule has 1 heterocycles. The van der Waals surface area contributed by atoms with Crippen molar-refractivity contribution in [2.45, 2.75) is 17.7 Å². The molecule has 0 bridgehead atoms. The molecule has 2 aromatic rings. The van der Waals surface area contributed by atoms with Crippen molar-refractivity contribution in [3.63, 3.8) is 0 Å². The molecule has 0 aliphatic heterocycles. The second-order valence-electron chi connectivity index (χ2n) is 4.73. The van der Waals surface area contributed by atoms with Gasteiger partial charge in [0.15, 0.2) is 0 Å². The van der Waals surface area contributed by atoms with Crippen molar-refractivity contribution in [1.82, 2.24) is 9.29 Å². The molecule has 0 saturated carbocycles. The lowest BCUT2D eigenvalue weighted by Crippen LogP contribution is -2.28. The van der Waals surface area contributed by atoms with Crippen LogP contribution in [-0.2, 0) is 16.4 Å². The standard InChI is InChI=1S/C15H17ClN2O2S/c1-18(11-5-8-13-6-3-2-4-7-13)21(19,20)14-9-10-15(16)17-12-14/h2-4,6-7,9-10,12H,5,8,11H2,1H3. The van der Waals surface area contributed by atoms with Crippen molar-refractivity contribution in [3.05, 3.63) is 59.4 Å². The average Bonchev–Trinajstić information content (AvgIpc) is 2.48. The molecular formula is C15H17ClN2O2S. The van der Waals surface area contributed by atoms with E-state index in [0.29, 0.717) is 6.54 Å². The summed E-state index contributed by atoms with van der Waals surface area (Å²) in [5.74, 6) is 0. The van der Waals surface area contributed by atoms with Crippen molar-refractivity contribution in [2.75, 3.05) is 13.6 Å². The summed E-state index contributed by atoms with van der Waals surface area (Å²) in [5.41, 5.74) is 1.21. The molecule has 0 saturated heterocycles. The van der Waals surface area contributed by atoms with Crippen LogP contribution in [0.3, 0.4) is 0 Å². The molecule has 0 amide bonds. The zero-order chi connectivity index (χ0) is 15.3. The first-order chi connectivity index (χ1) is 10.00. The minimum atomic E-state index is -3.50. The molecule has 0 aliphatic carbocycles. The molecule has 1 aromatic carbocycles. The zero-order valence-corrected chi connectivity index (χ0v) is 13.3. The topological polar surface area (TPSA) is 50.3 Å². The molecule has 1 aromatic heterocycles. The molecule has 2 rings (SSSR count). The summed E-state index contributed by atoms with van der Waals surface area (Å²) in [4.78, 5) is 3.98. The van der Waals surface area contributed by atoms with E-state index < -0.39 is 10.0 Å². The summed E-state index contributed by atoms with van der Waals surface area (Å²) in [6, 6.07) is 13.0. The van der Waals surface area contributed by atoms with Crippen LogP contribution >= 0.6 is 11.6 Å². The Morgan fingerprint density at radius 2 is 1.86 bits per heavy atom. The molecule has 0 spiro atoms. The highest BCUT2D eigenvalue weighted by atomic mass is 35.5. The Morgan fingerprint density at radius 3 is 2.48 bits per heavy atom. The van der Waals surface area contributed by atoms with E-state index in [2.05, 4.69) is 4.98 Å². The van der Waals surface area contributed by atoms with Gasteiger partial charge < -0.3 is 0 Å². The van der Waals surface area contributed by atoms with E-state index in [1.54, 1.807) is 7.05 Å². The number of hydrogen-bond donors (Lipinski definition) is 0. The Balaban J connectivity index is 1.96. The third kappa shape index (κ3) is 4.27. The monoisotopic (exact) mass is 324 g/mol. The fourth-order valence-electron chi connectivity index (χ4n) is 1.97. The SMILES string of the molecule is CN(CCCc1ccccc1)S(=O)(=O)c1ccc(Cl)nc1. The van der Waals surface area contributed by atoms with Gasteiger partial charge in [-0.05, 0) is 30.5 Å². The summed E-state index contributed by atoms with van der Waals surface area (Å²) in [6.07, 6.45) is 2.89. The van der Waals surface area contributed by atoms with Gasteiger partial charge in [0, 0.05) is 19.8 Å². The Kier molecular flexibility index (Phi) is 5.33. The van der Waals surface area contributed by atoms with Gasteiger partial charge in [-0.1, -0.05) is 41.9 Å². The molecule has 0 N–H and O–H groups in total. The Morgan fingerprint density at radius 1 is 1.14 bits per heavy atom. The number of aryl methyl sites for hydroxylation is 1. The quantitative estimate of drug-likeness (QED) is 0.767. The highest BCUT2D eigenvalue weighted by molar-refractivity contribution is 7.89. The molecule has 21 heavy (non-hydrogen) atoms. The fraction of sp³-hybridized carbons (Fsp3) is 0.267. The van der Waals surface area contributed by atoms with Crippen LogP contribution in [0.4, 0.5) is 0 Å². The minimum absolute atomic E-state index is 0.161. The van der Waals surface area contributed by atoms with E-state index in [9.17, 15) is 8.42 Å². The molecular weight excluding hydrogens is 308 g/mol. The van der Waals surface area contributed by atoms with Gasteiger partial charge in [-0.3, -0.25) is 0 Å². The average molecular weight is 325 g/mol. The lowest BCUT2D eigenvalue weighted by Gasteiger charge is -2.16. The summed E-state index contributed by atoms with van der Waals surface area (Å²) < 4.78 is 26.0. The largest absolute Gasteiger partial charge is 0.244 e. The van der Waals surface area contributed by atoms with Crippen molar-refractivity contribution in [1.29, 1.82) is 0 Å². The first-order valence-electron chi connectivity index (χ1n) is 6.62. The van der Waals surface area contributed by atoms with Crippen molar-refractivity contribution in [3.8, 4) is 0 Å². The van der Waals surface area contributed by atoms with Crippen molar-refractivity contribution < 1.29 is 8.42 Å². The van der Waals surface area contributed by atoms with Crippen LogP contribution < -0.4 is 0 Å². The number of halogens is 1. The Labute approximate surface area is 130 Å². The number of sulfonamides is 1. The van der Waals surface area contributed by atoms with Gasteiger partial charge in [0.25, 0.3) is 0 Å². The molecule has 0 unspecified atom stereocenters. The maximum absolute atomic E-state index is 12.3. The first-order valence-corrected chi connectivity index (χ1v) is 8.44. The Bertz CT molecular complexity index is 673. The predicted molar refractivity (Wildman–Crippen MR) is 83.8 cm³/mol. The lowest BCUT2D eigenvalue weighted by molar-refractivity contribution is 0.461. The summed E-state index contributed by atoms with van der Waals surface area (Å²) in [7, 11) is -1.92. The maximum atomic E-state index is 12.3. The van der Waals surface area contributed by atoms with Crippen LogP contribution in [0.1, 0.15) is 12.0 Å². The highest BCUT2D eigenvalue weighted by Gasteiger charge is 2.20. The summed E-state index contributed by atoms with van der Waals surface area (Å²) in [6.45, 7) is 0.458. The number of rotatable bonds is 6. The van der Waals surface area contributed by atoms with E-state index in [-0.39, 0.29) is 10.0 Å². The molecule has 6 heteroatoms. The fourth-order valence-corrected chi connectivity index (χ4v) is 3.23. The number of nitrogens with zero attached hydrogens (tertiary/aromatic N) is 2. The predicted octanol–water partition coefficient (Wildman–Crippen LogP) is 2.99. The van der Waals surface area contributed by atoms with Crippen LogP contribution in [0.25, 0.3) is 0 Å². The van der Waals surface area contributed by atoms with Gasteiger partial charge in [-0.15, -0.1) is 0 Å². The van der Waals surface area contributed by atoms with Crippen LogP contribution in [-0.4, -0.2) is 31.3 Å². The zero-order valence-electron chi connectivity index (χ0n) is 11.7. The number of hydrogen-bond acceptors (Lipinski definition) is 3. The van der Waals surface area contributed by atoms with Gasteiger partial charge in [-0.25, -0.2) is 17.7 Å². The second-order valence-corrected chi connectivity index (χ2v) is 7.16. The van der Waals surface area contributed by atoms with E-state index in [1.165, 1.54) is 28.2 Å². The Hall–Kier alpha value is -1.43. The first kappa shape index (κ1) is 15.9. The number of aromatic nitrogens is 1. The summed E-state index contributed by atoms with van der Waals surface area (Å²) >= 11 is 5.67. The molecule has 0 atom stereocenters. The molecule has 4 nitrogen and oxygen atoms in total. The van der Waals surface area contributed by atoms with E-state index in [0.717, 1.165) is 12.8 Å². The minimum Gasteiger partial charge on any atom is -0.243 e. The van der Waals surface area contributed by atoms with Gasteiger partial charge in [0.1, 0.15) is 10.0 Å². The van der Waals surface area contributed by atoms with E-state index >= 15 is 0 Å². The second kappa shape index (κ2) is 7.02. The van der Waals surface area contributed by atoms with Gasteiger partial charge in [-0.2, -0.15) is 0 Å². The van der Waals surface area contributed by atoms with E-state index in [4.69, 9.17) is 11.6 Å². The smallest absolute Gasteiger partial charge is 0.243 e. The van der Waals surface area contributed by atoms with Crippen LogP contribution in [0.2, 0.25) is 5.15 Å². The van der Waals surface area contributed by atoms with Crippen LogP contribution in [0.15, 0.2) is 53.6 Å². The van der Waals surface area contributed by atoms with E-state index in [1.807, 2.05) is 30.3 Å². The number of pyridine rings is 1. The van der Waals surface area contributed by atoms with Crippen molar-refractivity contribution in [2.24, 2.45) is 0 Å². The highest BCUT2D eigenvalue weighted by Crippen LogP contribution is 2.15.